The number of hydrogen-bond donors (Lipinski definition) is 4. The zero-order chi connectivity index (χ0) is 26.2. The standard InChI is InChI=1S/C21H34N4O3.C2HF3O2/c1-4-16(5-2)27-20-11-15(10-17(22)21(20)24-13(3)26)18-12-19(28-25-18)14-6-8-23-9-7-14;3-2(4,5)1(6)7/h11-12,14,16-17,20-21,23H,4-10,22H2,1-3H3,(H,24,26);(H,6,7)/t17-,20+,21+;/m0./s1. The highest BCUT2D eigenvalue weighted by Gasteiger charge is 2.38. The molecular formula is C23H35F3N4O5. The van der Waals surface area contributed by atoms with Crippen molar-refractivity contribution in [3.8, 4) is 0 Å². The minimum absolute atomic E-state index is 0.0925. The zero-order valence-corrected chi connectivity index (χ0v) is 20.2. The monoisotopic (exact) mass is 504 g/mol. The molecule has 12 heteroatoms. The number of nitrogens with one attached hydrogen (secondary N) is 2. The van der Waals surface area contributed by atoms with E-state index < -0.39 is 12.1 Å². The minimum Gasteiger partial charge on any atom is -0.475 e. The fourth-order valence-electron chi connectivity index (χ4n) is 4.18. The van der Waals surface area contributed by atoms with Gasteiger partial charge in [0.2, 0.25) is 5.91 Å². The summed E-state index contributed by atoms with van der Waals surface area (Å²) < 4.78 is 43.7. The summed E-state index contributed by atoms with van der Waals surface area (Å²) in [6.07, 6.45) is 1.46. The minimum atomic E-state index is -5.08. The number of carboxylic acid groups (broad SMARTS) is 1. The maximum Gasteiger partial charge on any atom is 0.490 e. The molecule has 5 N–H and O–H groups in total. The van der Waals surface area contributed by atoms with E-state index in [0.717, 1.165) is 55.8 Å². The Hall–Kier alpha value is -2.44. The molecule has 3 rings (SSSR count). The second kappa shape index (κ2) is 13.0. The molecule has 0 aromatic carbocycles. The molecule has 0 spiro atoms. The van der Waals surface area contributed by atoms with Crippen molar-refractivity contribution in [2.75, 3.05) is 13.1 Å². The van der Waals surface area contributed by atoms with Crippen LogP contribution < -0.4 is 16.4 Å². The lowest BCUT2D eigenvalue weighted by atomic mass is 9.86. The van der Waals surface area contributed by atoms with Crippen molar-refractivity contribution in [1.82, 2.24) is 15.8 Å². The molecule has 0 bridgehead atoms. The Morgan fingerprint density at radius 3 is 2.43 bits per heavy atom. The van der Waals surface area contributed by atoms with E-state index >= 15 is 0 Å². The Kier molecular flexibility index (Phi) is 10.7. The summed E-state index contributed by atoms with van der Waals surface area (Å²) in [6, 6.07) is 1.58. The van der Waals surface area contributed by atoms with Gasteiger partial charge < -0.3 is 30.7 Å². The van der Waals surface area contributed by atoms with Crippen molar-refractivity contribution in [1.29, 1.82) is 0 Å². The van der Waals surface area contributed by atoms with E-state index in [1.807, 2.05) is 0 Å². The summed E-state index contributed by atoms with van der Waals surface area (Å²) in [5.41, 5.74) is 8.32. The van der Waals surface area contributed by atoms with E-state index in [2.05, 4.69) is 41.8 Å². The fraction of sp³-hybridized carbons (Fsp3) is 0.696. The first-order valence-electron chi connectivity index (χ1n) is 11.8. The van der Waals surface area contributed by atoms with Crippen LogP contribution in [0.2, 0.25) is 0 Å². The first-order chi connectivity index (χ1) is 16.5. The van der Waals surface area contributed by atoms with Crippen LogP contribution in [0.4, 0.5) is 13.2 Å². The molecule has 1 aromatic rings. The lowest BCUT2D eigenvalue weighted by Crippen LogP contribution is -2.56. The number of nitrogens with zero attached hydrogens (tertiary/aromatic N) is 1. The number of nitrogens with two attached hydrogens (primary N) is 1. The van der Waals surface area contributed by atoms with Crippen LogP contribution in [0.3, 0.4) is 0 Å². The number of hydrogen-bond acceptors (Lipinski definition) is 7. The van der Waals surface area contributed by atoms with E-state index in [4.69, 9.17) is 24.9 Å². The van der Waals surface area contributed by atoms with E-state index in [-0.39, 0.29) is 30.2 Å². The molecule has 1 amide bonds. The van der Waals surface area contributed by atoms with Gasteiger partial charge in [0, 0.05) is 24.9 Å². The second-order valence-electron chi connectivity index (χ2n) is 8.77. The third-order valence-electron chi connectivity index (χ3n) is 6.11. The highest BCUT2D eigenvalue weighted by atomic mass is 19.4. The Morgan fingerprint density at radius 2 is 1.91 bits per heavy atom. The van der Waals surface area contributed by atoms with Crippen molar-refractivity contribution < 1.29 is 37.1 Å². The first kappa shape index (κ1) is 28.8. The normalized spacial score (nSPS) is 23.3. The number of carbonyl (C=O) groups is 2. The topological polar surface area (TPSA) is 140 Å². The summed E-state index contributed by atoms with van der Waals surface area (Å²) in [4.78, 5) is 20.6. The molecule has 1 fully saturated rings. The zero-order valence-electron chi connectivity index (χ0n) is 20.2. The molecule has 9 nitrogen and oxygen atoms in total. The van der Waals surface area contributed by atoms with Crippen LogP contribution in [0.5, 0.6) is 0 Å². The van der Waals surface area contributed by atoms with Crippen LogP contribution in [-0.4, -0.2) is 65.7 Å². The third kappa shape index (κ3) is 8.62. The lowest BCUT2D eigenvalue weighted by Gasteiger charge is -2.36. The number of piperidine rings is 1. The van der Waals surface area contributed by atoms with Gasteiger partial charge in [-0.1, -0.05) is 19.0 Å². The van der Waals surface area contributed by atoms with Gasteiger partial charge in [0.05, 0.1) is 18.2 Å². The highest BCUT2D eigenvalue weighted by molar-refractivity contribution is 5.74. The van der Waals surface area contributed by atoms with Gasteiger partial charge in [0.25, 0.3) is 0 Å². The van der Waals surface area contributed by atoms with Crippen molar-refractivity contribution >= 4 is 17.4 Å². The molecular weight excluding hydrogens is 469 g/mol. The van der Waals surface area contributed by atoms with Gasteiger partial charge in [-0.05, 0) is 56.8 Å². The molecule has 2 aliphatic rings. The second-order valence-corrected chi connectivity index (χ2v) is 8.77. The summed E-state index contributed by atoms with van der Waals surface area (Å²) in [7, 11) is 0. The van der Waals surface area contributed by atoms with E-state index in [1.54, 1.807) is 0 Å². The number of ether oxygens (including phenoxy) is 1. The summed E-state index contributed by atoms with van der Waals surface area (Å²) in [6.45, 7) is 7.76. The quantitative estimate of drug-likeness (QED) is 0.444. The number of alkyl halides is 3. The largest absolute Gasteiger partial charge is 0.490 e. The summed E-state index contributed by atoms with van der Waals surface area (Å²) >= 11 is 0. The first-order valence-corrected chi connectivity index (χ1v) is 11.8. The molecule has 1 saturated heterocycles. The Labute approximate surface area is 202 Å². The number of aliphatic carboxylic acids is 1. The number of aromatic nitrogens is 1. The van der Waals surface area contributed by atoms with Crippen molar-refractivity contribution in [3.63, 3.8) is 0 Å². The van der Waals surface area contributed by atoms with Gasteiger partial charge in [-0.3, -0.25) is 4.79 Å². The Bertz CT molecular complexity index is 864. The SMILES string of the molecule is CCC(CC)O[C@@H]1C=C(c2cc(C3CCNCC3)on2)C[C@H](N)[C@H]1NC(C)=O.O=C(O)C(F)(F)F. The molecule has 1 aromatic heterocycles. The third-order valence-corrected chi connectivity index (χ3v) is 6.11. The van der Waals surface area contributed by atoms with Crippen molar-refractivity contribution in [3.05, 3.63) is 23.6 Å². The number of amides is 1. The Balaban J connectivity index is 0.000000540. The van der Waals surface area contributed by atoms with Gasteiger partial charge in [-0.25, -0.2) is 4.79 Å². The maximum absolute atomic E-state index is 11.7. The number of carbonyl (C=O) groups excluding carboxylic acids is 1. The van der Waals surface area contributed by atoms with Crippen molar-refractivity contribution in [2.45, 2.75) is 89.3 Å². The molecule has 35 heavy (non-hydrogen) atoms. The molecule has 1 aliphatic carbocycles. The molecule has 2 heterocycles. The molecule has 0 saturated carbocycles. The molecule has 198 valence electrons. The molecule has 0 radical (unpaired) electrons. The molecule has 3 atom stereocenters. The summed E-state index contributed by atoms with van der Waals surface area (Å²) in [5.74, 6) is -1.48. The van der Waals surface area contributed by atoms with Crippen LogP contribution in [0.15, 0.2) is 16.7 Å². The van der Waals surface area contributed by atoms with Crippen LogP contribution in [0.25, 0.3) is 5.57 Å². The van der Waals surface area contributed by atoms with Gasteiger partial charge in [0.15, 0.2) is 0 Å². The number of carboxylic acids is 1. The smallest absolute Gasteiger partial charge is 0.475 e. The van der Waals surface area contributed by atoms with Gasteiger partial charge in [-0.2, -0.15) is 13.2 Å². The summed E-state index contributed by atoms with van der Waals surface area (Å²) in [5, 5.41) is 17.8. The highest BCUT2D eigenvalue weighted by Crippen LogP contribution is 2.32. The molecule has 1 aliphatic heterocycles. The number of halogens is 3. The van der Waals surface area contributed by atoms with Gasteiger partial charge in [0.1, 0.15) is 11.5 Å². The van der Waals surface area contributed by atoms with Gasteiger partial charge in [-0.15, -0.1) is 0 Å². The average molecular weight is 505 g/mol. The van der Waals surface area contributed by atoms with E-state index in [9.17, 15) is 18.0 Å². The van der Waals surface area contributed by atoms with Gasteiger partial charge >= 0.3 is 12.1 Å². The maximum atomic E-state index is 11.7. The van der Waals surface area contributed by atoms with Crippen LogP contribution in [-0.2, 0) is 14.3 Å². The van der Waals surface area contributed by atoms with Crippen LogP contribution in [0.1, 0.15) is 70.2 Å². The fourth-order valence-corrected chi connectivity index (χ4v) is 4.18. The van der Waals surface area contributed by atoms with Crippen LogP contribution >= 0.6 is 0 Å². The predicted molar refractivity (Wildman–Crippen MR) is 122 cm³/mol. The van der Waals surface area contributed by atoms with E-state index in [1.165, 1.54) is 6.92 Å². The molecule has 0 unspecified atom stereocenters. The lowest BCUT2D eigenvalue weighted by molar-refractivity contribution is -0.192. The number of rotatable bonds is 7. The van der Waals surface area contributed by atoms with Crippen molar-refractivity contribution in [2.24, 2.45) is 5.73 Å². The average Bonchev–Trinajstić information content (AvgIpc) is 3.30. The predicted octanol–water partition coefficient (Wildman–Crippen LogP) is 2.97. The van der Waals surface area contributed by atoms with E-state index in [0.29, 0.717) is 12.3 Å². The van der Waals surface area contributed by atoms with Crippen LogP contribution in [0, 0.1) is 0 Å². The Morgan fingerprint density at radius 1 is 1.31 bits per heavy atom.